The quantitative estimate of drug-likeness (QED) is 0.719. The van der Waals surface area contributed by atoms with Crippen LogP contribution in [0.25, 0.3) is 0 Å². The van der Waals surface area contributed by atoms with Gasteiger partial charge >= 0.3 is 0 Å². The van der Waals surface area contributed by atoms with E-state index in [2.05, 4.69) is 10.2 Å². The number of nitrogens with zero attached hydrogens (tertiary/aromatic N) is 1. The summed E-state index contributed by atoms with van der Waals surface area (Å²) >= 11 is 0. The van der Waals surface area contributed by atoms with Crippen LogP contribution in [0, 0.1) is 5.82 Å². The van der Waals surface area contributed by atoms with Crippen LogP contribution in [0.2, 0.25) is 0 Å². The van der Waals surface area contributed by atoms with Crippen molar-refractivity contribution >= 4 is 23.2 Å². The third kappa shape index (κ3) is 4.58. The Morgan fingerprint density at radius 3 is 2.23 bits per heavy atom. The van der Waals surface area contributed by atoms with Crippen molar-refractivity contribution in [3.05, 3.63) is 59.9 Å². The molecule has 0 saturated carbocycles. The number of rotatable bonds is 5. The highest BCUT2D eigenvalue weighted by Crippen LogP contribution is 2.14. The van der Waals surface area contributed by atoms with Crippen molar-refractivity contribution in [1.82, 2.24) is 0 Å². The third-order valence-electron chi connectivity index (χ3n) is 4.53. The number of piperazine rings is 1. The van der Waals surface area contributed by atoms with E-state index in [-0.39, 0.29) is 11.7 Å². The molecule has 2 amide bonds. The second-order valence-electron chi connectivity index (χ2n) is 6.38. The summed E-state index contributed by atoms with van der Waals surface area (Å²) in [6.07, 6.45) is 0. The van der Waals surface area contributed by atoms with Gasteiger partial charge in [0.05, 0.1) is 26.2 Å². The van der Waals surface area contributed by atoms with Crippen LogP contribution >= 0.6 is 0 Å². The van der Waals surface area contributed by atoms with Crippen LogP contribution in [-0.2, 0) is 4.79 Å². The van der Waals surface area contributed by atoms with E-state index in [1.807, 2.05) is 0 Å². The van der Waals surface area contributed by atoms with Crippen LogP contribution in [0.5, 0.6) is 0 Å². The average molecular weight is 357 g/mol. The fourth-order valence-corrected chi connectivity index (χ4v) is 3.06. The van der Waals surface area contributed by atoms with Crippen molar-refractivity contribution < 1.29 is 18.9 Å². The van der Waals surface area contributed by atoms with Crippen LogP contribution in [0.3, 0.4) is 0 Å². The monoisotopic (exact) mass is 357 g/mol. The minimum atomic E-state index is -0.494. The second kappa shape index (κ2) is 7.97. The molecule has 1 fully saturated rings. The van der Waals surface area contributed by atoms with Crippen molar-refractivity contribution in [2.24, 2.45) is 5.73 Å². The maximum atomic E-state index is 13.0. The normalized spacial score (nSPS) is 14.9. The van der Waals surface area contributed by atoms with E-state index in [1.165, 1.54) is 17.0 Å². The number of benzene rings is 2. The lowest BCUT2D eigenvalue weighted by molar-refractivity contribution is -0.892. The van der Waals surface area contributed by atoms with Crippen molar-refractivity contribution in [1.29, 1.82) is 0 Å². The average Bonchev–Trinajstić information content (AvgIpc) is 2.63. The molecule has 0 aliphatic carbocycles. The van der Waals surface area contributed by atoms with Crippen molar-refractivity contribution in [2.75, 3.05) is 42.9 Å². The first-order valence-corrected chi connectivity index (χ1v) is 8.55. The molecule has 2 aromatic carbocycles. The Morgan fingerprint density at radius 1 is 1.04 bits per heavy atom. The number of quaternary nitrogens is 1. The van der Waals surface area contributed by atoms with Crippen molar-refractivity contribution in [3.8, 4) is 0 Å². The fraction of sp³-hybridized carbons (Fsp3) is 0.263. The Morgan fingerprint density at radius 2 is 1.65 bits per heavy atom. The zero-order chi connectivity index (χ0) is 18.5. The lowest BCUT2D eigenvalue weighted by Crippen LogP contribution is -3.15. The lowest BCUT2D eigenvalue weighted by Gasteiger charge is -2.33. The molecule has 0 radical (unpaired) electrons. The topological polar surface area (TPSA) is 79.9 Å². The van der Waals surface area contributed by atoms with E-state index in [1.54, 1.807) is 36.4 Å². The van der Waals surface area contributed by atoms with Crippen LogP contribution in [-0.4, -0.2) is 44.5 Å². The van der Waals surface area contributed by atoms with Gasteiger partial charge in [0, 0.05) is 16.9 Å². The first-order valence-electron chi connectivity index (χ1n) is 8.55. The number of carbonyl (C=O) groups excluding carboxylic acids is 2. The maximum absolute atomic E-state index is 13.0. The summed E-state index contributed by atoms with van der Waals surface area (Å²) in [5.74, 6) is -0.799. The molecular formula is C19H22FN4O2+. The van der Waals surface area contributed by atoms with Gasteiger partial charge in [0.15, 0.2) is 6.54 Å². The smallest absolute Gasteiger partial charge is 0.279 e. The Bertz CT molecular complexity index is 769. The molecule has 4 N–H and O–H groups in total. The molecule has 136 valence electrons. The van der Waals surface area contributed by atoms with Crippen LogP contribution in [0.4, 0.5) is 15.8 Å². The zero-order valence-corrected chi connectivity index (χ0v) is 14.4. The lowest BCUT2D eigenvalue weighted by atomic mass is 10.2. The zero-order valence-electron chi connectivity index (χ0n) is 14.4. The molecule has 6 nitrogen and oxygen atoms in total. The Hall–Kier alpha value is -2.93. The van der Waals surface area contributed by atoms with E-state index < -0.39 is 5.91 Å². The number of nitrogens with two attached hydrogens (primary N) is 1. The number of hydrogen-bond donors (Lipinski definition) is 3. The molecule has 0 atom stereocenters. The first kappa shape index (κ1) is 17.9. The Balaban J connectivity index is 1.47. The van der Waals surface area contributed by atoms with Gasteiger partial charge in [-0.3, -0.25) is 9.59 Å². The van der Waals surface area contributed by atoms with Gasteiger partial charge in [0.2, 0.25) is 5.91 Å². The molecule has 3 rings (SSSR count). The predicted molar refractivity (Wildman–Crippen MR) is 97.8 cm³/mol. The number of primary amides is 1. The molecule has 0 aromatic heterocycles. The molecule has 1 aliphatic heterocycles. The highest BCUT2D eigenvalue weighted by atomic mass is 19.1. The summed E-state index contributed by atoms with van der Waals surface area (Å²) in [5.41, 5.74) is 7.25. The van der Waals surface area contributed by atoms with Crippen molar-refractivity contribution in [2.45, 2.75) is 0 Å². The largest absolute Gasteiger partial charge is 0.366 e. The summed E-state index contributed by atoms with van der Waals surface area (Å²) in [5, 5.41) is 2.84. The molecule has 1 saturated heterocycles. The highest BCUT2D eigenvalue weighted by molar-refractivity contribution is 5.95. The summed E-state index contributed by atoms with van der Waals surface area (Å²) in [4.78, 5) is 26.7. The van der Waals surface area contributed by atoms with E-state index in [9.17, 15) is 14.0 Å². The second-order valence-corrected chi connectivity index (χ2v) is 6.38. The van der Waals surface area contributed by atoms with Gasteiger partial charge < -0.3 is 20.9 Å². The number of anilines is 2. The number of carbonyl (C=O) groups is 2. The molecule has 2 aromatic rings. The molecular weight excluding hydrogens is 335 g/mol. The number of hydrogen-bond acceptors (Lipinski definition) is 3. The minimum Gasteiger partial charge on any atom is -0.366 e. The van der Waals surface area contributed by atoms with Crippen molar-refractivity contribution in [3.63, 3.8) is 0 Å². The van der Waals surface area contributed by atoms with E-state index in [4.69, 9.17) is 5.73 Å². The number of nitrogens with one attached hydrogen (secondary N) is 2. The summed E-state index contributed by atoms with van der Waals surface area (Å²) in [6, 6.07) is 13.0. The molecule has 0 bridgehead atoms. The SMILES string of the molecule is NC(=O)c1ccc(NC(=O)C[NH+]2CCN(c3ccc(F)cc3)CC2)cc1. The molecule has 0 unspecified atom stereocenters. The van der Waals surface area contributed by atoms with E-state index in [0.717, 1.165) is 31.9 Å². The highest BCUT2D eigenvalue weighted by Gasteiger charge is 2.22. The summed E-state index contributed by atoms with van der Waals surface area (Å²) in [6.45, 7) is 3.70. The molecule has 0 spiro atoms. The van der Waals surface area contributed by atoms with Gasteiger partial charge in [0.1, 0.15) is 5.82 Å². The number of halogens is 1. The van der Waals surface area contributed by atoms with Crippen LogP contribution < -0.4 is 20.9 Å². The van der Waals surface area contributed by atoms with Gasteiger partial charge in [-0.15, -0.1) is 0 Å². The third-order valence-corrected chi connectivity index (χ3v) is 4.53. The predicted octanol–water partition coefficient (Wildman–Crippen LogP) is 0.268. The molecule has 7 heteroatoms. The Labute approximate surface area is 151 Å². The van der Waals surface area contributed by atoms with E-state index in [0.29, 0.717) is 17.8 Å². The maximum Gasteiger partial charge on any atom is 0.279 e. The molecule has 1 aliphatic rings. The minimum absolute atomic E-state index is 0.0675. The molecule has 1 heterocycles. The Kier molecular flexibility index (Phi) is 5.48. The van der Waals surface area contributed by atoms with Gasteiger partial charge in [0.25, 0.3) is 5.91 Å². The molecule has 26 heavy (non-hydrogen) atoms. The van der Waals surface area contributed by atoms with Crippen LogP contribution in [0.15, 0.2) is 48.5 Å². The van der Waals surface area contributed by atoms with Gasteiger partial charge in [-0.25, -0.2) is 4.39 Å². The van der Waals surface area contributed by atoms with Gasteiger partial charge in [-0.05, 0) is 48.5 Å². The fourth-order valence-electron chi connectivity index (χ4n) is 3.06. The first-order chi connectivity index (χ1) is 12.5. The number of amides is 2. The standard InChI is InChI=1S/C19H21FN4O2/c20-15-3-7-17(8-4-15)24-11-9-23(10-12-24)13-18(25)22-16-5-1-14(2-6-16)19(21)26/h1-8H,9-13H2,(H2,21,26)(H,22,25)/p+1. The van der Waals surface area contributed by atoms with Gasteiger partial charge in [-0.1, -0.05) is 0 Å². The summed E-state index contributed by atoms with van der Waals surface area (Å²) < 4.78 is 13.0. The summed E-state index contributed by atoms with van der Waals surface area (Å²) in [7, 11) is 0. The van der Waals surface area contributed by atoms with Gasteiger partial charge in [-0.2, -0.15) is 0 Å². The van der Waals surface area contributed by atoms with Crippen LogP contribution in [0.1, 0.15) is 10.4 Å². The van der Waals surface area contributed by atoms with E-state index >= 15 is 0 Å².